The number of pyridine rings is 1. The third-order valence-corrected chi connectivity index (χ3v) is 12.9. The van der Waals surface area contributed by atoms with Crippen molar-refractivity contribution < 1.29 is 39.4 Å². The Morgan fingerprint density at radius 1 is 1.09 bits per heavy atom. The maximum Gasteiger partial charge on any atom is 0.331 e. The second kappa shape index (κ2) is 11.5. The molecule has 0 radical (unpaired) electrons. The first-order valence-corrected chi connectivity index (χ1v) is 16.9. The smallest absolute Gasteiger partial charge is 0.331 e. The Morgan fingerprint density at radius 3 is 2.64 bits per heavy atom. The molecule has 1 saturated heterocycles. The minimum Gasteiger partial charge on any atom is -0.458 e. The maximum atomic E-state index is 12.7. The number of aliphatic imine (C=N–C) groups is 1. The van der Waals surface area contributed by atoms with Crippen molar-refractivity contribution in [3.05, 3.63) is 41.7 Å². The first-order chi connectivity index (χ1) is 21.5. The Morgan fingerprint density at radius 2 is 1.91 bits per heavy atom. The molecule has 1 aromatic rings. The van der Waals surface area contributed by atoms with Crippen molar-refractivity contribution in [3.63, 3.8) is 0 Å². The van der Waals surface area contributed by atoms with Gasteiger partial charge in [0.15, 0.2) is 6.29 Å². The molecule has 2 aliphatic heterocycles. The molecule has 12 atom stereocenters. The number of nitrogens with zero attached hydrogens (tertiary/aromatic N) is 2. The van der Waals surface area contributed by atoms with Gasteiger partial charge in [-0.05, 0) is 93.7 Å². The average molecular weight is 625 g/mol. The van der Waals surface area contributed by atoms with Gasteiger partial charge in [0.2, 0.25) is 0 Å². The second-order valence-corrected chi connectivity index (χ2v) is 15.0. The lowest BCUT2D eigenvalue weighted by molar-refractivity contribution is -0.282. The highest BCUT2D eigenvalue weighted by Crippen LogP contribution is 2.70. The number of aliphatic hydroxyl groups is 4. The lowest BCUT2D eigenvalue weighted by Gasteiger charge is -2.66. The van der Waals surface area contributed by atoms with Crippen LogP contribution in [-0.2, 0) is 25.5 Å². The summed E-state index contributed by atoms with van der Waals surface area (Å²) in [5.41, 5.74) is -1.19. The van der Waals surface area contributed by atoms with E-state index in [2.05, 4.69) is 11.9 Å². The monoisotopic (exact) mass is 624 g/mol. The summed E-state index contributed by atoms with van der Waals surface area (Å²) in [5.74, 6) is -0.181. The van der Waals surface area contributed by atoms with Crippen LogP contribution in [0.1, 0.15) is 83.7 Å². The van der Waals surface area contributed by atoms with Crippen LogP contribution in [0.15, 0.2) is 41.0 Å². The maximum absolute atomic E-state index is 12.7. The zero-order valence-corrected chi connectivity index (χ0v) is 26.4. The summed E-state index contributed by atoms with van der Waals surface area (Å²) in [7, 11) is 0. The van der Waals surface area contributed by atoms with Gasteiger partial charge < -0.3 is 34.6 Å². The molecule has 246 valence electrons. The van der Waals surface area contributed by atoms with E-state index in [4.69, 9.17) is 19.2 Å². The molecule has 0 amide bonds. The van der Waals surface area contributed by atoms with Gasteiger partial charge in [-0.1, -0.05) is 13.0 Å². The normalized spacial score (nSPS) is 48.0. The molecule has 5 fully saturated rings. The van der Waals surface area contributed by atoms with Crippen LogP contribution in [0.25, 0.3) is 0 Å². The van der Waals surface area contributed by atoms with Gasteiger partial charge in [0.25, 0.3) is 0 Å². The summed E-state index contributed by atoms with van der Waals surface area (Å²) in [4.78, 5) is 21.4. The molecule has 0 aromatic carbocycles. The van der Waals surface area contributed by atoms with Crippen molar-refractivity contribution in [2.24, 2.45) is 33.6 Å². The summed E-state index contributed by atoms with van der Waals surface area (Å²) in [6, 6.07) is 5.78. The van der Waals surface area contributed by atoms with Crippen molar-refractivity contribution >= 4 is 12.2 Å². The van der Waals surface area contributed by atoms with E-state index in [0.717, 1.165) is 30.5 Å². The van der Waals surface area contributed by atoms with Crippen LogP contribution >= 0.6 is 0 Å². The minimum absolute atomic E-state index is 0.0157. The van der Waals surface area contributed by atoms with Gasteiger partial charge in [0.1, 0.15) is 12.7 Å². The number of rotatable bonds is 6. The summed E-state index contributed by atoms with van der Waals surface area (Å²) >= 11 is 0. The Balaban J connectivity index is 1.17. The number of aromatic nitrogens is 1. The number of cyclic esters (lactones) is 1. The molecule has 10 heteroatoms. The lowest BCUT2D eigenvalue weighted by atomic mass is 9.41. The van der Waals surface area contributed by atoms with Crippen LogP contribution in [0.4, 0.5) is 0 Å². The Labute approximate surface area is 264 Å². The molecule has 0 bridgehead atoms. The third-order valence-electron chi connectivity index (χ3n) is 12.9. The molecule has 4 N–H and O–H groups in total. The molecule has 4 aliphatic carbocycles. The Bertz CT molecular complexity index is 1330. The predicted molar refractivity (Wildman–Crippen MR) is 164 cm³/mol. The van der Waals surface area contributed by atoms with E-state index < -0.39 is 41.2 Å². The van der Waals surface area contributed by atoms with Gasteiger partial charge in [-0.3, -0.25) is 9.98 Å². The van der Waals surface area contributed by atoms with E-state index in [1.165, 1.54) is 0 Å². The molecular weight excluding hydrogens is 576 g/mol. The van der Waals surface area contributed by atoms with E-state index in [1.807, 2.05) is 24.4 Å². The molecule has 1 aromatic heterocycles. The van der Waals surface area contributed by atoms with Crippen molar-refractivity contribution in [2.75, 3.05) is 6.61 Å². The highest BCUT2D eigenvalue weighted by atomic mass is 16.7. The van der Waals surface area contributed by atoms with Gasteiger partial charge in [-0.25, -0.2) is 4.79 Å². The summed E-state index contributed by atoms with van der Waals surface area (Å²) in [6.07, 6.45) is 8.31. The van der Waals surface area contributed by atoms with Crippen LogP contribution < -0.4 is 0 Å². The van der Waals surface area contributed by atoms with Gasteiger partial charge in [-0.15, -0.1) is 0 Å². The lowest BCUT2D eigenvalue weighted by Crippen LogP contribution is -2.69. The fraction of sp³-hybridized carbons (Fsp3) is 0.743. The third kappa shape index (κ3) is 5.02. The fourth-order valence-electron chi connectivity index (χ4n) is 10.6. The molecule has 45 heavy (non-hydrogen) atoms. The molecule has 0 spiro atoms. The van der Waals surface area contributed by atoms with E-state index >= 15 is 0 Å². The molecule has 10 nitrogen and oxygen atoms in total. The van der Waals surface area contributed by atoms with Crippen LogP contribution in [0, 0.1) is 28.6 Å². The van der Waals surface area contributed by atoms with E-state index in [0.29, 0.717) is 51.7 Å². The average Bonchev–Trinajstić information content (AvgIpc) is 3.56. The Hall–Kier alpha value is -2.21. The van der Waals surface area contributed by atoms with Crippen molar-refractivity contribution in [1.82, 2.24) is 4.98 Å². The number of carbonyl (C=O) groups excluding carboxylic acids is 1. The van der Waals surface area contributed by atoms with E-state index in [9.17, 15) is 25.2 Å². The Kier molecular flexibility index (Phi) is 8.02. The zero-order valence-electron chi connectivity index (χ0n) is 26.4. The van der Waals surface area contributed by atoms with Crippen LogP contribution in [0.5, 0.6) is 0 Å². The van der Waals surface area contributed by atoms with Gasteiger partial charge in [0.05, 0.1) is 41.8 Å². The number of fused-ring (bicyclic) bond motifs is 5. The van der Waals surface area contributed by atoms with E-state index in [1.54, 1.807) is 19.2 Å². The second-order valence-electron chi connectivity index (χ2n) is 15.0. The summed E-state index contributed by atoms with van der Waals surface area (Å²) in [6.45, 7) is 4.66. The topological polar surface area (TPSA) is 151 Å². The number of esters is 1. The molecule has 0 unspecified atom stereocenters. The predicted octanol–water partition coefficient (Wildman–Crippen LogP) is 3.25. The molecular formula is C35H48N2O8. The standard InChI is InChI=1S/C35H48N2O8/c1-21-31(40)28(38)16-30(44-21)45-24-6-11-33(20-36-18-23-5-3-4-14-37-23)26-7-10-32(2)25(22-15-29(39)43-19-22)9-13-35(32,42)27(26)8-12-34(33,41)17-24/h3-5,14-15,20-21,24-28,30-31,38,40-42H,6-13,16-19H2,1-2H3/t21-,24+,25+,26-,27+,28+,30+,31-,32-,33+,34-,35+/m1/s1. The van der Waals surface area contributed by atoms with Crippen molar-refractivity contribution in [1.29, 1.82) is 0 Å². The SMILES string of the molecule is C[C@H]1O[C@@H](O[C@H]2CC[C@]3(C=NCc4ccccn4)[C@@H]4CC[C@]5(C)[C@H](C6=CC(=O)OC6)CC[C@]5(O)[C@H]4CC[C@@]3(O)C2)C[C@H](O)[C@@H]1O. The summed E-state index contributed by atoms with van der Waals surface area (Å²) < 4.78 is 17.5. The minimum atomic E-state index is -1.10. The van der Waals surface area contributed by atoms with Crippen LogP contribution in [0.3, 0.4) is 0 Å². The molecule has 6 aliphatic rings. The van der Waals surface area contributed by atoms with Gasteiger partial charge >= 0.3 is 5.97 Å². The summed E-state index contributed by atoms with van der Waals surface area (Å²) in [5, 5.41) is 45.9. The number of carbonyl (C=O) groups is 1. The van der Waals surface area contributed by atoms with Crippen molar-refractivity contribution in [3.8, 4) is 0 Å². The number of aliphatic hydroxyl groups excluding tert-OH is 2. The van der Waals surface area contributed by atoms with Crippen molar-refractivity contribution in [2.45, 2.75) is 127 Å². The largest absolute Gasteiger partial charge is 0.458 e. The van der Waals surface area contributed by atoms with Gasteiger partial charge in [0, 0.05) is 42.2 Å². The quantitative estimate of drug-likeness (QED) is 0.212. The van der Waals surface area contributed by atoms with Crippen LogP contribution in [-0.4, -0.2) is 86.1 Å². The number of hydrogen-bond donors (Lipinski definition) is 4. The first kappa shape index (κ1) is 31.4. The zero-order chi connectivity index (χ0) is 31.6. The molecule has 3 heterocycles. The highest BCUT2D eigenvalue weighted by molar-refractivity contribution is 5.85. The van der Waals surface area contributed by atoms with E-state index in [-0.39, 0.29) is 41.7 Å². The highest BCUT2D eigenvalue weighted by Gasteiger charge is 2.71. The number of ether oxygens (including phenoxy) is 3. The van der Waals surface area contributed by atoms with Gasteiger partial charge in [-0.2, -0.15) is 0 Å². The first-order valence-electron chi connectivity index (χ1n) is 16.9. The molecule has 7 rings (SSSR count). The molecule has 4 saturated carbocycles. The fourth-order valence-corrected chi connectivity index (χ4v) is 10.6. The number of hydrogen-bond acceptors (Lipinski definition) is 10. The van der Waals surface area contributed by atoms with Crippen LogP contribution in [0.2, 0.25) is 0 Å².